The van der Waals surface area contributed by atoms with Crippen LogP contribution in [0.15, 0.2) is 24.3 Å². The second kappa shape index (κ2) is 10.2. The number of hydrogen-bond acceptors (Lipinski definition) is 5. The number of anilines is 1. The maximum Gasteiger partial charge on any atom is 0.416 e. The summed E-state index contributed by atoms with van der Waals surface area (Å²) in [4.78, 5) is 3.41. The summed E-state index contributed by atoms with van der Waals surface area (Å²) in [5.41, 5.74) is 0.0202. The van der Waals surface area contributed by atoms with Crippen LogP contribution in [-0.4, -0.2) is 60.1 Å². The topological polar surface area (TPSA) is 60.5 Å². The van der Waals surface area contributed by atoms with E-state index in [0.29, 0.717) is 31.9 Å². The van der Waals surface area contributed by atoms with Crippen molar-refractivity contribution in [2.24, 2.45) is 0 Å². The molecule has 1 aliphatic rings. The van der Waals surface area contributed by atoms with E-state index in [1.165, 1.54) is 17.0 Å². The van der Waals surface area contributed by atoms with E-state index in [0.717, 1.165) is 44.2 Å². The molecule has 1 aromatic carbocycles. The number of hydrogen-bond donors (Lipinski definition) is 1. The molecule has 2 heterocycles. The van der Waals surface area contributed by atoms with E-state index < -0.39 is 11.7 Å². The Hall–Kier alpha value is -2.20. The molecule has 30 heavy (non-hydrogen) atoms. The van der Waals surface area contributed by atoms with Gasteiger partial charge in [-0.1, -0.05) is 19.4 Å². The number of tetrazole rings is 1. The minimum absolute atomic E-state index is 0.167. The number of alkyl halides is 3. The fraction of sp³-hybridized carbons (Fsp3) is 0.650. The summed E-state index contributed by atoms with van der Waals surface area (Å²) in [6, 6.07) is 5.75. The Kier molecular flexibility index (Phi) is 7.65. The molecule has 0 amide bonds. The lowest BCUT2D eigenvalue weighted by Crippen LogP contribution is -3.15. The lowest BCUT2D eigenvalue weighted by molar-refractivity contribution is -0.933. The van der Waals surface area contributed by atoms with Crippen LogP contribution in [0.5, 0.6) is 0 Å². The molecule has 166 valence electrons. The third kappa shape index (κ3) is 5.48. The quantitative estimate of drug-likeness (QED) is 0.663. The van der Waals surface area contributed by atoms with Crippen LogP contribution in [0.4, 0.5) is 18.9 Å². The number of benzene rings is 1. The van der Waals surface area contributed by atoms with Crippen molar-refractivity contribution in [3.63, 3.8) is 0 Å². The summed E-state index contributed by atoms with van der Waals surface area (Å²) in [5.74, 6) is 0.864. The number of unbranched alkanes of at least 4 members (excludes halogenated alkanes) is 1. The first-order chi connectivity index (χ1) is 14.4. The zero-order chi connectivity index (χ0) is 21.6. The number of halogens is 3. The molecule has 2 aromatic rings. The van der Waals surface area contributed by atoms with Gasteiger partial charge in [0.2, 0.25) is 5.82 Å². The highest BCUT2D eigenvalue weighted by Gasteiger charge is 2.34. The first-order valence-electron chi connectivity index (χ1n) is 10.5. The van der Waals surface area contributed by atoms with Gasteiger partial charge in [-0.05, 0) is 35.0 Å². The van der Waals surface area contributed by atoms with Gasteiger partial charge in [0.25, 0.3) is 0 Å². The molecule has 0 aliphatic carbocycles. The molecule has 0 saturated carbocycles. The van der Waals surface area contributed by atoms with Crippen LogP contribution in [0.25, 0.3) is 0 Å². The Morgan fingerprint density at radius 3 is 2.67 bits per heavy atom. The number of rotatable bonds is 9. The zero-order valence-electron chi connectivity index (χ0n) is 17.5. The van der Waals surface area contributed by atoms with E-state index in [1.54, 1.807) is 13.2 Å². The Balaban J connectivity index is 1.70. The van der Waals surface area contributed by atoms with Gasteiger partial charge in [0, 0.05) is 19.2 Å². The third-order valence-corrected chi connectivity index (χ3v) is 5.66. The maximum absolute atomic E-state index is 13.1. The number of piperazine rings is 1. The minimum Gasteiger partial charge on any atom is -0.383 e. The number of methoxy groups -OCH3 is 1. The Bertz CT molecular complexity index is 789. The number of aromatic nitrogens is 4. The fourth-order valence-corrected chi connectivity index (χ4v) is 4.00. The molecule has 1 aromatic heterocycles. The molecule has 10 heteroatoms. The van der Waals surface area contributed by atoms with Crippen LogP contribution < -0.4 is 9.80 Å². The summed E-state index contributed by atoms with van der Waals surface area (Å²) < 4.78 is 46.1. The molecule has 7 nitrogen and oxygen atoms in total. The van der Waals surface area contributed by atoms with E-state index in [2.05, 4.69) is 22.4 Å². The van der Waals surface area contributed by atoms with Gasteiger partial charge in [0.05, 0.1) is 44.9 Å². The van der Waals surface area contributed by atoms with Gasteiger partial charge in [0.1, 0.15) is 6.04 Å². The average Bonchev–Trinajstić information content (AvgIpc) is 3.21. The Morgan fingerprint density at radius 2 is 2.00 bits per heavy atom. The van der Waals surface area contributed by atoms with Gasteiger partial charge >= 0.3 is 6.18 Å². The van der Waals surface area contributed by atoms with Crippen molar-refractivity contribution >= 4 is 5.69 Å². The van der Waals surface area contributed by atoms with Crippen LogP contribution in [0.1, 0.15) is 43.6 Å². The number of ether oxygens (including phenoxy) is 1. The Morgan fingerprint density at radius 1 is 1.23 bits per heavy atom. The molecule has 1 saturated heterocycles. The van der Waals surface area contributed by atoms with Crippen molar-refractivity contribution in [3.05, 3.63) is 35.7 Å². The molecule has 1 atom stereocenters. The highest BCUT2D eigenvalue weighted by Crippen LogP contribution is 2.31. The summed E-state index contributed by atoms with van der Waals surface area (Å²) >= 11 is 0. The summed E-state index contributed by atoms with van der Waals surface area (Å²) in [6.45, 7) is 6.33. The second-order valence-electron chi connectivity index (χ2n) is 7.64. The number of quaternary nitrogens is 1. The number of nitrogens with one attached hydrogen (secondary N) is 1. The SMILES string of the molecule is CCCC[C@@H](c1nnnn1CCOC)[NH+]1CCN(c2cccc(C(F)(F)F)c2)CC1. The molecule has 1 N–H and O–H groups in total. The first kappa shape index (κ1) is 22.5. The van der Waals surface area contributed by atoms with Crippen molar-refractivity contribution in [3.8, 4) is 0 Å². The van der Waals surface area contributed by atoms with Crippen LogP contribution >= 0.6 is 0 Å². The fourth-order valence-electron chi connectivity index (χ4n) is 4.00. The van der Waals surface area contributed by atoms with Crippen LogP contribution in [-0.2, 0) is 17.5 Å². The monoisotopic (exact) mass is 427 g/mol. The van der Waals surface area contributed by atoms with Crippen molar-refractivity contribution in [2.75, 3.05) is 44.8 Å². The average molecular weight is 427 g/mol. The van der Waals surface area contributed by atoms with E-state index in [1.807, 2.05) is 9.58 Å². The Labute approximate surface area is 174 Å². The predicted octanol–water partition coefficient (Wildman–Crippen LogP) is 1.97. The maximum atomic E-state index is 13.1. The van der Waals surface area contributed by atoms with Crippen LogP contribution in [0, 0.1) is 0 Å². The molecule has 0 radical (unpaired) electrons. The molecule has 0 spiro atoms. The minimum atomic E-state index is -4.33. The van der Waals surface area contributed by atoms with E-state index in [-0.39, 0.29) is 6.04 Å². The standard InChI is InChI=1S/C20H29F3N6O/c1-3-4-8-18(19-24-25-26-29(19)13-14-30-2)28-11-9-27(10-12-28)17-7-5-6-16(15-17)20(21,22)23/h5-7,15,18H,3-4,8-14H2,1-2H3/p+1/t18-/m0/s1. The van der Waals surface area contributed by atoms with E-state index >= 15 is 0 Å². The van der Waals surface area contributed by atoms with E-state index in [4.69, 9.17) is 4.74 Å². The molecule has 0 bridgehead atoms. The number of nitrogens with zero attached hydrogens (tertiary/aromatic N) is 5. The van der Waals surface area contributed by atoms with Gasteiger partial charge in [-0.2, -0.15) is 13.2 Å². The summed E-state index contributed by atoms with van der Waals surface area (Å²) in [7, 11) is 1.65. The van der Waals surface area contributed by atoms with Crippen molar-refractivity contribution in [1.29, 1.82) is 0 Å². The highest BCUT2D eigenvalue weighted by atomic mass is 19.4. The first-order valence-corrected chi connectivity index (χ1v) is 10.5. The van der Waals surface area contributed by atoms with Crippen molar-refractivity contribution < 1.29 is 22.8 Å². The van der Waals surface area contributed by atoms with Crippen LogP contribution in [0.2, 0.25) is 0 Å². The largest absolute Gasteiger partial charge is 0.416 e. The normalized spacial score (nSPS) is 16.8. The zero-order valence-corrected chi connectivity index (χ0v) is 17.5. The summed E-state index contributed by atoms with van der Waals surface area (Å²) in [5, 5.41) is 12.3. The lowest BCUT2D eigenvalue weighted by atomic mass is 10.1. The van der Waals surface area contributed by atoms with Crippen molar-refractivity contribution in [2.45, 2.75) is 44.9 Å². The van der Waals surface area contributed by atoms with Gasteiger partial charge < -0.3 is 14.5 Å². The molecule has 1 fully saturated rings. The van der Waals surface area contributed by atoms with Gasteiger partial charge in [-0.25, -0.2) is 4.68 Å². The van der Waals surface area contributed by atoms with E-state index in [9.17, 15) is 13.2 Å². The second-order valence-corrected chi connectivity index (χ2v) is 7.64. The molecular weight excluding hydrogens is 397 g/mol. The van der Waals surface area contributed by atoms with Gasteiger partial charge in [0.15, 0.2) is 0 Å². The van der Waals surface area contributed by atoms with Crippen molar-refractivity contribution in [1.82, 2.24) is 20.2 Å². The molecule has 3 rings (SSSR count). The molecule has 0 unspecified atom stereocenters. The third-order valence-electron chi connectivity index (χ3n) is 5.66. The highest BCUT2D eigenvalue weighted by molar-refractivity contribution is 5.49. The smallest absolute Gasteiger partial charge is 0.383 e. The summed E-state index contributed by atoms with van der Waals surface area (Å²) in [6.07, 6.45) is -1.20. The van der Waals surface area contributed by atoms with Gasteiger partial charge in [-0.15, -0.1) is 5.10 Å². The molecule has 1 aliphatic heterocycles. The predicted molar refractivity (Wildman–Crippen MR) is 106 cm³/mol. The van der Waals surface area contributed by atoms with Crippen LogP contribution in [0.3, 0.4) is 0 Å². The molecular formula is C20H30F3N6O+. The van der Waals surface area contributed by atoms with Gasteiger partial charge in [-0.3, -0.25) is 0 Å². The lowest BCUT2D eigenvalue weighted by Gasteiger charge is -2.37.